The Bertz CT molecular complexity index is 158. The molecular formula is C14H28O. The molecule has 0 spiro atoms. The predicted molar refractivity (Wildman–Crippen MR) is 71.7 cm³/mol. The second kappa shape index (κ2) is 23.1. The molecule has 0 fully saturated rings. The maximum Gasteiger partial charge on any atom is 0.118 e. The molecule has 0 aromatic heterocycles. The van der Waals surface area contributed by atoms with Crippen LogP contribution in [0.3, 0.4) is 0 Å². The van der Waals surface area contributed by atoms with Gasteiger partial charge in [-0.25, -0.2) is 0 Å². The van der Waals surface area contributed by atoms with Crippen LogP contribution in [0.5, 0.6) is 5.75 Å². The molecule has 0 heterocycles. The molecule has 0 amide bonds. The van der Waals surface area contributed by atoms with E-state index in [1.54, 1.807) is 7.11 Å². The largest absolute Gasteiger partial charge is 0.497 e. The number of rotatable bonds is 1. The summed E-state index contributed by atoms with van der Waals surface area (Å²) in [5, 5.41) is 0. The summed E-state index contributed by atoms with van der Waals surface area (Å²) in [4.78, 5) is 0. The van der Waals surface area contributed by atoms with E-state index >= 15 is 0 Å². The first kappa shape index (κ1) is 19.6. The molecule has 90 valence electrons. The van der Waals surface area contributed by atoms with E-state index in [0.29, 0.717) is 0 Å². The van der Waals surface area contributed by atoms with Crippen molar-refractivity contribution in [3.05, 3.63) is 30.3 Å². The molecule has 0 aliphatic rings. The van der Waals surface area contributed by atoms with Crippen LogP contribution >= 0.6 is 0 Å². The van der Waals surface area contributed by atoms with E-state index in [2.05, 4.69) is 13.8 Å². The standard InChI is InChI=1S/C7H8O.C3H8.2C2H6/c1-8-7-5-3-2-4-6-7;1-3-2;2*1-2/h2-6H,1H3;3H2,1-2H3;2*1-2H3. The zero-order chi connectivity index (χ0) is 12.5. The highest BCUT2D eigenvalue weighted by Crippen LogP contribution is 2.05. The zero-order valence-electron chi connectivity index (χ0n) is 11.5. The molecule has 0 N–H and O–H groups in total. The molecule has 0 aliphatic carbocycles. The first-order valence-electron chi connectivity index (χ1n) is 5.94. The highest BCUT2D eigenvalue weighted by molar-refractivity contribution is 5.20. The SMILES string of the molecule is CC.CC.CCC.COc1ccccc1. The smallest absolute Gasteiger partial charge is 0.118 e. The molecule has 1 aromatic carbocycles. The number of methoxy groups -OCH3 is 1. The lowest BCUT2D eigenvalue weighted by Gasteiger charge is -1.93. The Balaban J connectivity index is -0.000000176. The minimum atomic E-state index is 0.910. The first-order chi connectivity index (χ1) is 7.35. The van der Waals surface area contributed by atoms with Gasteiger partial charge in [0.25, 0.3) is 0 Å². The van der Waals surface area contributed by atoms with Gasteiger partial charge in [-0.15, -0.1) is 0 Å². The van der Waals surface area contributed by atoms with E-state index < -0.39 is 0 Å². The van der Waals surface area contributed by atoms with Crippen LogP contribution in [0, 0.1) is 0 Å². The quantitative estimate of drug-likeness (QED) is 0.624. The summed E-state index contributed by atoms with van der Waals surface area (Å²) in [5.74, 6) is 0.910. The number of ether oxygens (including phenoxy) is 1. The lowest BCUT2D eigenvalue weighted by Crippen LogP contribution is -1.78. The fourth-order valence-corrected chi connectivity index (χ4v) is 0.557. The molecule has 1 nitrogen and oxygen atoms in total. The minimum absolute atomic E-state index is 0.910. The number of hydrogen-bond donors (Lipinski definition) is 0. The van der Waals surface area contributed by atoms with Crippen molar-refractivity contribution in [3.8, 4) is 5.75 Å². The number of hydrogen-bond acceptors (Lipinski definition) is 1. The van der Waals surface area contributed by atoms with E-state index in [9.17, 15) is 0 Å². The van der Waals surface area contributed by atoms with Crippen molar-refractivity contribution in [2.45, 2.75) is 48.0 Å². The lowest BCUT2D eigenvalue weighted by molar-refractivity contribution is 0.415. The summed E-state index contributed by atoms with van der Waals surface area (Å²) in [6.45, 7) is 12.2. The fourth-order valence-electron chi connectivity index (χ4n) is 0.557. The Hall–Kier alpha value is -0.980. The van der Waals surface area contributed by atoms with Crippen molar-refractivity contribution in [1.29, 1.82) is 0 Å². The van der Waals surface area contributed by atoms with Gasteiger partial charge in [0, 0.05) is 0 Å². The number of para-hydroxylation sites is 1. The molecule has 0 saturated carbocycles. The highest BCUT2D eigenvalue weighted by Gasteiger charge is 1.80. The van der Waals surface area contributed by atoms with Crippen molar-refractivity contribution in [1.82, 2.24) is 0 Å². The van der Waals surface area contributed by atoms with Crippen LogP contribution in [0.2, 0.25) is 0 Å². The topological polar surface area (TPSA) is 9.23 Å². The van der Waals surface area contributed by atoms with Gasteiger partial charge < -0.3 is 4.74 Å². The third-order valence-corrected chi connectivity index (χ3v) is 0.979. The van der Waals surface area contributed by atoms with Gasteiger partial charge in [-0.3, -0.25) is 0 Å². The van der Waals surface area contributed by atoms with Gasteiger partial charge in [-0.05, 0) is 12.1 Å². The molecule has 1 aromatic rings. The average Bonchev–Trinajstić information content (AvgIpc) is 2.36. The summed E-state index contributed by atoms with van der Waals surface area (Å²) in [5.41, 5.74) is 0. The summed E-state index contributed by atoms with van der Waals surface area (Å²) in [6, 6.07) is 9.68. The Labute approximate surface area is 96.5 Å². The van der Waals surface area contributed by atoms with Crippen molar-refractivity contribution in [2.75, 3.05) is 7.11 Å². The maximum absolute atomic E-state index is 4.91. The predicted octanol–water partition coefficient (Wildman–Crippen LogP) is 5.16. The fraction of sp³-hybridized carbons (Fsp3) is 0.571. The Morgan fingerprint density at radius 3 is 1.40 bits per heavy atom. The van der Waals surface area contributed by atoms with Crippen molar-refractivity contribution in [2.24, 2.45) is 0 Å². The molecule has 0 saturated heterocycles. The van der Waals surface area contributed by atoms with Gasteiger partial charge in [0.05, 0.1) is 7.11 Å². The molecular weight excluding hydrogens is 184 g/mol. The van der Waals surface area contributed by atoms with Crippen LogP contribution < -0.4 is 4.74 Å². The summed E-state index contributed by atoms with van der Waals surface area (Å²) in [7, 11) is 1.66. The van der Waals surface area contributed by atoms with Crippen molar-refractivity contribution in [3.63, 3.8) is 0 Å². The van der Waals surface area contributed by atoms with Crippen LogP contribution in [0.1, 0.15) is 48.0 Å². The zero-order valence-corrected chi connectivity index (χ0v) is 11.5. The third kappa shape index (κ3) is 19.4. The van der Waals surface area contributed by atoms with E-state index in [1.807, 2.05) is 58.0 Å². The lowest BCUT2D eigenvalue weighted by atomic mass is 10.3. The summed E-state index contributed by atoms with van der Waals surface area (Å²) < 4.78 is 4.91. The van der Waals surface area contributed by atoms with Gasteiger partial charge in [0.2, 0.25) is 0 Å². The van der Waals surface area contributed by atoms with Gasteiger partial charge in [-0.2, -0.15) is 0 Å². The maximum atomic E-state index is 4.91. The molecule has 1 rings (SSSR count). The monoisotopic (exact) mass is 212 g/mol. The molecule has 0 aliphatic heterocycles. The van der Waals surface area contributed by atoms with Gasteiger partial charge in [0.1, 0.15) is 5.75 Å². The Kier molecular flexibility index (Phi) is 30.2. The van der Waals surface area contributed by atoms with Crippen LogP contribution in [0.15, 0.2) is 30.3 Å². The molecule has 0 radical (unpaired) electrons. The van der Waals surface area contributed by atoms with Gasteiger partial charge >= 0.3 is 0 Å². The summed E-state index contributed by atoms with van der Waals surface area (Å²) in [6.07, 6.45) is 1.25. The van der Waals surface area contributed by atoms with Crippen LogP contribution in [-0.2, 0) is 0 Å². The van der Waals surface area contributed by atoms with Crippen molar-refractivity contribution < 1.29 is 4.74 Å². The van der Waals surface area contributed by atoms with E-state index in [1.165, 1.54) is 6.42 Å². The Morgan fingerprint density at radius 2 is 1.20 bits per heavy atom. The van der Waals surface area contributed by atoms with Gasteiger partial charge in [-0.1, -0.05) is 66.2 Å². The molecule has 0 bridgehead atoms. The van der Waals surface area contributed by atoms with Crippen LogP contribution in [-0.4, -0.2) is 7.11 Å². The molecule has 15 heavy (non-hydrogen) atoms. The van der Waals surface area contributed by atoms with Crippen LogP contribution in [0.4, 0.5) is 0 Å². The molecule has 0 unspecified atom stereocenters. The van der Waals surface area contributed by atoms with Gasteiger partial charge in [0.15, 0.2) is 0 Å². The average molecular weight is 212 g/mol. The van der Waals surface area contributed by atoms with Crippen LogP contribution in [0.25, 0.3) is 0 Å². The normalized spacial score (nSPS) is 6.60. The Morgan fingerprint density at radius 1 is 0.867 bits per heavy atom. The minimum Gasteiger partial charge on any atom is -0.497 e. The second-order valence-electron chi connectivity index (χ2n) is 2.22. The molecule has 1 heteroatoms. The van der Waals surface area contributed by atoms with E-state index in [0.717, 1.165) is 5.75 Å². The summed E-state index contributed by atoms with van der Waals surface area (Å²) >= 11 is 0. The highest BCUT2D eigenvalue weighted by atomic mass is 16.5. The molecule has 0 atom stereocenters. The third-order valence-electron chi connectivity index (χ3n) is 0.979. The first-order valence-corrected chi connectivity index (χ1v) is 5.94. The van der Waals surface area contributed by atoms with Crippen molar-refractivity contribution >= 4 is 0 Å². The number of benzene rings is 1. The van der Waals surface area contributed by atoms with E-state index in [-0.39, 0.29) is 0 Å². The van der Waals surface area contributed by atoms with E-state index in [4.69, 9.17) is 4.74 Å². The second-order valence-corrected chi connectivity index (χ2v) is 2.22.